The van der Waals surface area contributed by atoms with Crippen LogP contribution in [0.15, 0.2) is 35.7 Å². The molecule has 106 valence electrons. The van der Waals surface area contributed by atoms with E-state index in [1.807, 2.05) is 17.5 Å². The number of halogens is 1. The Labute approximate surface area is 135 Å². The maximum absolute atomic E-state index is 11.2. The van der Waals surface area contributed by atoms with E-state index in [1.54, 1.807) is 23.5 Å². The van der Waals surface area contributed by atoms with Gasteiger partial charge in [0.2, 0.25) is 0 Å². The zero-order chi connectivity index (χ0) is 14.7. The standard InChI is InChI=1S/C14H15IN2O2S/c1-9(2)14(13-4-3-7-20-13)16-11-6-5-10(15)8-12(11)17(18)19/h3-9,14,16H,1-2H3. The van der Waals surface area contributed by atoms with Crippen molar-refractivity contribution in [2.24, 2.45) is 5.92 Å². The van der Waals surface area contributed by atoms with E-state index in [-0.39, 0.29) is 16.7 Å². The van der Waals surface area contributed by atoms with E-state index in [9.17, 15) is 10.1 Å². The summed E-state index contributed by atoms with van der Waals surface area (Å²) < 4.78 is 0.858. The highest BCUT2D eigenvalue weighted by Crippen LogP contribution is 2.34. The Kier molecular flexibility index (Phi) is 4.98. The lowest BCUT2D eigenvalue weighted by atomic mass is 10.0. The predicted molar refractivity (Wildman–Crippen MR) is 91.3 cm³/mol. The van der Waals surface area contributed by atoms with Crippen LogP contribution in [-0.4, -0.2) is 4.92 Å². The average molecular weight is 402 g/mol. The number of nitro benzene ring substituents is 1. The summed E-state index contributed by atoms with van der Waals surface area (Å²) in [4.78, 5) is 12.0. The molecule has 0 amide bonds. The van der Waals surface area contributed by atoms with E-state index >= 15 is 0 Å². The fourth-order valence-corrected chi connectivity index (χ4v) is 3.40. The van der Waals surface area contributed by atoms with Gasteiger partial charge in [-0.15, -0.1) is 11.3 Å². The molecule has 0 spiro atoms. The molecule has 0 aliphatic carbocycles. The number of hydrogen-bond donors (Lipinski definition) is 1. The van der Waals surface area contributed by atoms with Crippen molar-refractivity contribution in [3.8, 4) is 0 Å². The highest BCUT2D eigenvalue weighted by Gasteiger charge is 2.21. The van der Waals surface area contributed by atoms with Crippen LogP contribution in [0, 0.1) is 19.6 Å². The largest absolute Gasteiger partial charge is 0.372 e. The minimum atomic E-state index is -0.337. The Bertz CT molecular complexity index is 599. The molecule has 0 aliphatic heterocycles. The van der Waals surface area contributed by atoms with Gasteiger partial charge in [0, 0.05) is 14.5 Å². The van der Waals surface area contributed by atoms with Crippen LogP contribution in [0.4, 0.5) is 11.4 Å². The Morgan fingerprint density at radius 2 is 2.10 bits per heavy atom. The Morgan fingerprint density at radius 3 is 2.65 bits per heavy atom. The number of nitrogens with zero attached hydrogens (tertiary/aromatic N) is 1. The second-order valence-corrected chi connectivity index (χ2v) is 7.02. The molecule has 4 nitrogen and oxygen atoms in total. The molecule has 1 aromatic heterocycles. The van der Waals surface area contributed by atoms with Gasteiger partial charge in [0.1, 0.15) is 5.69 Å². The minimum absolute atomic E-state index is 0.0776. The van der Waals surface area contributed by atoms with Gasteiger partial charge in [-0.05, 0) is 52.1 Å². The maximum Gasteiger partial charge on any atom is 0.293 e. The molecular weight excluding hydrogens is 387 g/mol. The molecule has 1 heterocycles. The Morgan fingerprint density at radius 1 is 1.35 bits per heavy atom. The number of hydrogen-bond acceptors (Lipinski definition) is 4. The summed E-state index contributed by atoms with van der Waals surface area (Å²) in [5, 5.41) is 16.5. The van der Waals surface area contributed by atoms with Gasteiger partial charge in [-0.2, -0.15) is 0 Å². The SMILES string of the molecule is CC(C)C(Nc1ccc(I)cc1[N+](=O)[O-])c1cccs1. The number of rotatable bonds is 5. The van der Waals surface area contributed by atoms with Crippen molar-refractivity contribution in [2.75, 3.05) is 5.32 Å². The Hall–Kier alpha value is -1.15. The minimum Gasteiger partial charge on any atom is -0.372 e. The number of thiophene rings is 1. The van der Waals surface area contributed by atoms with Crippen molar-refractivity contribution in [1.29, 1.82) is 0 Å². The molecule has 0 bridgehead atoms. The average Bonchev–Trinajstić information content (AvgIpc) is 2.90. The van der Waals surface area contributed by atoms with E-state index in [4.69, 9.17) is 0 Å². The molecule has 20 heavy (non-hydrogen) atoms. The van der Waals surface area contributed by atoms with E-state index in [0.29, 0.717) is 11.6 Å². The first-order valence-electron chi connectivity index (χ1n) is 6.23. The summed E-state index contributed by atoms with van der Waals surface area (Å²) in [6, 6.07) is 9.38. The monoisotopic (exact) mass is 402 g/mol. The highest BCUT2D eigenvalue weighted by molar-refractivity contribution is 14.1. The molecule has 1 unspecified atom stereocenters. The van der Waals surface area contributed by atoms with Gasteiger partial charge < -0.3 is 5.32 Å². The van der Waals surface area contributed by atoms with E-state index in [0.717, 1.165) is 3.57 Å². The molecule has 0 radical (unpaired) electrons. The number of anilines is 1. The second kappa shape index (κ2) is 6.53. The summed E-state index contributed by atoms with van der Waals surface area (Å²) in [7, 11) is 0. The van der Waals surface area contributed by atoms with Gasteiger partial charge >= 0.3 is 0 Å². The van der Waals surface area contributed by atoms with Crippen LogP contribution in [0.5, 0.6) is 0 Å². The van der Waals surface area contributed by atoms with Crippen molar-refractivity contribution in [3.63, 3.8) is 0 Å². The van der Waals surface area contributed by atoms with Crippen LogP contribution >= 0.6 is 33.9 Å². The first-order valence-corrected chi connectivity index (χ1v) is 8.18. The van der Waals surface area contributed by atoms with Crippen molar-refractivity contribution in [2.45, 2.75) is 19.9 Å². The molecule has 0 saturated carbocycles. The van der Waals surface area contributed by atoms with E-state index in [2.05, 4.69) is 47.8 Å². The van der Waals surface area contributed by atoms with E-state index in [1.165, 1.54) is 4.88 Å². The van der Waals surface area contributed by atoms with Crippen LogP contribution < -0.4 is 5.32 Å². The molecule has 0 saturated heterocycles. The van der Waals surface area contributed by atoms with Crippen molar-refractivity contribution in [1.82, 2.24) is 0 Å². The molecule has 2 rings (SSSR count). The van der Waals surface area contributed by atoms with Crippen LogP contribution in [0.25, 0.3) is 0 Å². The van der Waals surface area contributed by atoms with Gasteiger partial charge in [0.25, 0.3) is 5.69 Å². The number of benzene rings is 1. The number of nitro groups is 1. The molecule has 1 atom stereocenters. The van der Waals surface area contributed by atoms with Crippen LogP contribution in [0.2, 0.25) is 0 Å². The molecule has 2 aromatic rings. The Balaban J connectivity index is 2.34. The van der Waals surface area contributed by atoms with Crippen molar-refractivity contribution >= 4 is 45.3 Å². The first-order chi connectivity index (χ1) is 9.49. The lowest BCUT2D eigenvalue weighted by Crippen LogP contribution is -2.16. The van der Waals surface area contributed by atoms with Gasteiger partial charge in [0.15, 0.2) is 0 Å². The molecule has 1 aromatic carbocycles. The lowest BCUT2D eigenvalue weighted by Gasteiger charge is -2.22. The fourth-order valence-electron chi connectivity index (χ4n) is 1.98. The summed E-state index contributed by atoms with van der Waals surface area (Å²) in [6.45, 7) is 4.21. The zero-order valence-corrected chi connectivity index (χ0v) is 14.1. The summed E-state index contributed by atoms with van der Waals surface area (Å²) in [5.41, 5.74) is 0.696. The van der Waals surface area contributed by atoms with Crippen LogP contribution in [0.1, 0.15) is 24.8 Å². The quantitative estimate of drug-likeness (QED) is 0.432. The molecule has 6 heteroatoms. The van der Waals surface area contributed by atoms with Gasteiger partial charge in [-0.3, -0.25) is 10.1 Å². The smallest absolute Gasteiger partial charge is 0.293 e. The predicted octanol–water partition coefficient (Wildman–Crippen LogP) is 5.07. The van der Waals surface area contributed by atoms with Crippen molar-refractivity contribution in [3.05, 3.63) is 54.3 Å². The van der Waals surface area contributed by atoms with Crippen LogP contribution in [0.3, 0.4) is 0 Å². The fraction of sp³-hybridized carbons (Fsp3) is 0.286. The summed E-state index contributed by atoms with van der Waals surface area (Å²) >= 11 is 3.75. The van der Waals surface area contributed by atoms with Gasteiger partial charge in [-0.1, -0.05) is 19.9 Å². The lowest BCUT2D eigenvalue weighted by molar-refractivity contribution is -0.384. The molecule has 0 fully saturated rings. The third kappa shape index (κ3) is 3.49. The first kappa shape index (κ1) is 15.2. The third-order valence-corrected chi connectivity index (χ3v) is 4.61. The zero-order valence-electron chi connectivity index (χ0n) is 11.2. The number of nitrogens with one attached hydrogen (secondary N) is 1. The van der Waals surface area contributed by atoms with E-state index < -0.39 is 0 Å². The molecule has 0 aliphatic rings. The molecule has 1 N–H and O–H groups in total. The normalized spacial score (nSPS) is 12.4. The summed E-state index contributed by atoms with van der Waals surface area (Å²) in [5.74, 6) is 0.340. The topological polar surface area (TPSA) is 55.2 Å². The maximum atomic E-state index is 11.2. The van der Waals surface area contributed by atoms with Crippen molar-refractivity contribution < 1.29 is 4.92 Å². The second-order valence-electron chi connectivity index (χ2n) is 4.80. The van der Waals surface area contributed by atoms with Crippen LogP contribution in [-0.2, 0) is 0 Å². The third-order valence-electron chi connectivity index (χ3n) is 2.98. The molecular formula is C14H15IN2O2S. The highest BCUT2D eigenvalue weighted by atomic mass is 127. The summed E-state index contributed by atoms with van der Waals surface area (Å²) in [6.07, 6.45) is 0. The van der Waals surface area contributed by atoms with Gasteiger partial charge in [0.05, 0.1) is 11.0 Å². The van der Waals surface area contributed by atoms with Gasteiger partial charge in [-0.25, -0.2) is 0 Å².